The molecule has 0 aliphatic heterocycles. The summed E-state index contributed by atoms with van der Waals surface area (Å²) in [4.78, 5) is 29.6. The molecule has 2 aromatic heterocycles. The largest absolute Gasteiger partial charge is 0.465 e. The number of pyridine rings is 1. The molecule has 0 aromatic carbocycles. The summed E-state index contributed by atoms with van der Waals surface area (Å²) >= 11 is 1.46. The molecule has 2 aromatic rings. The molecular formula is C16H17NO4S. The van der Waals surface area contributed by atoms with Gasteiger partial charge in [-0.3, -0.25) is 4.98 Å². The second-order valence-corrected chi connectivity index (χ2v) is 5.74. The Kier molecular flexibility index (Phi) is 4.61. The van der Waals surface area contributed by atoms with E-state index in [1.165, 1.54) is 25.6 Å². The molecule has 6 heteroatoms. The number of nitrogens with zero attached hydrogens (tertiary/aromatic N) is 1. The van der Waals surface area contributed by atoms with Crippen LogP contribution in [0.1, 0.15) is 37.7 Å². The fourth-order valence-electron chi connectivity index (χ4n) is 2.41. The highest BCUT2D eigenvalue weighted by molar-refractivity contribution is 7.13. The molecule has 2 rings (SSSR count). The van der Waals surface area contributed by atoms with E-state index < -0.39 is 11.9 Å². The predicted octanol–water partition coefficient (Wildman–Crippen LogP) is 3.31. The minimum Gasteiger partial charge on any atom is -0.465 e. The van der Waals surface area contributed by atoms with Gasteiger partial charge in [0.25, 0.3) is 0 Å². The summed E-state index contributed by atoms with van der Waals surface area (Å²) < 4.78 is 9.76. The summed E-state index contributed by atoms with van der Waals surface area (Å²) in [6.45, 7) is 5.39. The average Bonchev–Trinajstić information content (AvgIpc) is 2.91. The van der Waals surface area contributed by atoms with E-state index in [9.17, 15) is 9.59 Å². The molecule has 0 aliphatic rings. The van der Waals surface area contributed by atoms with Crippen molar-refractivity contribution in [1.29, 1.82) is 0 Å². The zero-order valence-corrected chi connectivity index (χ0v) is 14.0. The first kappa shape index (κ1) is 16.2. The highest BCUT2D eigenvalue weighted by atomic mass is 32.1. The topological polar surface area (TPSA) is 65.5 Å². The summed E-state index contributed by atoms with van der Waals surface area (Å²) in [6.07, 6.45) is 0. The van der Waals surface area contributed by atoms with E-state index >= 15 is 0 Å². The van der Waals surface area contributed by atoms with Crippen LogP contribution in [0.3, 0.4) is 0 Å². The minimum atomic E-state index is -0.516. The van der Waals surface area contributed by atoms with Crippen molar-refractivity contribution in [2.75, 3.05) is 14.2 Å². The molecule has 5 nitrogen and oxygen atoms in total. The Bertz CT molecular complexity index is 709. The standard InChI is InChI=1S/C16H17NO4S/c1-8-6-7-22-14(8)13-11(15(18)20-4)9(2)17-10(3)12(13)16(19)21-5/h6-7H,1-5H3. The summed E-state index contributed by atoms with van der Waals surface area (Å²) in [6, 6.07) is 1.94. The van der Waals surface area contributed by atoms with Crippen LogP contribution in [-0.2, 0) is 9.47 Å². The van der Waals surface area contributed by atoms with Gasteiger partial charge in [-0.25, -0.2) is 9.59 Å². The molecule has 0 atom stereocenters. The van der Waals surface area contributed by atoms with Crippen molar-refractivity contribution in [2.45, 2.75) is 20.8 Å². The Morgan fingerprint density at radius 1 is 1.00 bits per heavy atom. The van der Waals surface area contributed by atoms with Gasteiger partial charge in [-0.05, 0) is 37.8 Å². The molecule has 0 aliphatic carbocycles. The first-order valence-corrected chi connectivity index (χ1v) is 7.52. The Hall–Kier alpha value is -2.21. The molecule has 0 spiro atoms. The van der Waals surface area contributed by atoms with E-state index in [1.54, 1.807) is 13.8 Å². The van der Waals surface area contributed by atoms with E-state index in [-0.39, 0.29) is 0 Å². The number of ether oxygens (including phenoxy) is 2. The van der Waals surface area contributed by atoms with Crippen LogP contribution >= 0.6 is 11.3 Å². The Balaban J connectivity index is 2.94. The van der Waals surface area contributed by atoms with E-state index in [4.69, 9.17) is 9.47 Å². The maximum atomic E-state index is 12.2. The van der Waals surface area contributed by atoms with Crippen molar-refractivity contribution in [3.8, 4) is 10.4 Å². The third kappa shape index (κ3) is 2.62. The maximum absolute atomic E-state index is 12.2. The van der Waals surface area contributed by atoms with Gasteiger partial charge in [-0.2, -0.15) is 0 Å². The van der Waals surface area contributed by atoms with Crippen LogP contribution in [0.4, 0.5) is 0 Å². The summed E-state index contributed by atoms with van der Waals surface area (Å²) in [5.41, 5.74) is 3.18. The number of hydrogen-bond donors (Lipinski definition) is 0. The lowest BCUT2D eigenvalue weighted by Gasteiger charge is -2.16. The Morgan fingerprint density at radius 2 is 1.50 bits per heavy atom. The molecule has 0 N–H and O–H groups in total. The minimum absolute atomic E-state index is 0.305. The number of rotatable bonds is 3. The van der Waals surface area contributed by atoms with Crippen LogP contribution < -0.4 is 0 Å². The Morgan fingerprint density at radius 3 is 1.86 bits per heavy atom. The van der Waals surface area contributed by atoms with E-state index in [0.29, 0.717) is 28.1 Å². The number of aromatic nitrogens is 1. The molecule has 0 amide bonds. The number of hydrogen-bond acceptors (Lipinski definition) is 6. The first-order chi connectivity index (χ1) is 10.4. The maximum Gasteiger partial charge on any atom is 0.340 e. The van der Waals surface area contributed by atoms with Gasteiger partial charge in [-0.15, -0.1) is 11.3 Å². The number of esters is 2. The summed E-state index contributed by atoms with van der Waals surface area (Å²) in [7, 11) is 2.62. The number of carbonyl (C=O) groups is 2. The van der Waals surface area contributed by atoms with Crippen molar-refractivity contribution in [3.63, 3.8) is 0 Å². The van der Waals surface area contributed by atoms with E-state index in [2.05, 4.69) is 4.98 Å². The second-order valence-electron chi connectivity index (χ2n) is 4.82. The van der Waals surface area contributed by atoms with Gasteiger partial charge in [-0.1, -0.05) is 0 Å². The van der Waals surface area contributed by atoms with Crippen LogP contribution in [0.2, 0.25) is 0 Å². The van der Waals surface area contributed by atoms with Gasteiger partial charge in [0.2, 0.25) is 0 Å². The molecule has 116 valence electrons. The highest BCUT2D eigenvalue weighted by Gasteiger charge is 2.28. The van der Waals surface area contributed by atoms with Crippen LogP contribution in [-0.4, -0.2) is 31.1 Å². The monoisotopic (exact) mass is 319 g/mol. The zero-order valence-electron chi connectivity index (χ0n) is 13.1. The smallest absolute Gasteiger partial charge is 0.340 e. The third-order valence-electron chi connectivity index (χ3n) is 3.43. The lowest BCUT2D eigenvalue weighted by Crippen LogP contribution is -2.15. The summed E-state index contributed by atoms with van der Waals surface area (Å²) in [5, 5.41) is 1.91. The van der Waals surface area contributed by atoms with Crippen LogP contribution in [0, 0.1) is 20.8 Å². The van der Waals surface area contributed by atoms with Gasteiger partial charge < -0.3 is 9.47 Å². The number of thiophene rings is 1. The van der Waals surface area contributed by atoms with Crippen molar-refractivity contribution in [1.82, 2.24) is 4.98 Å². The lowest BCUT2D eigenvalue weighted by atomic mass is 9.95. The van der Waals surface area contributed by atoms with Crippen LogP contribution in [0.5, 0.6) is 0 Å². The van der Waals surface area contributed by atoms with Gasteiger partial charge in [0, 0.05) is 10.4 Å². The zero-order chi connectivity index (χ0) is 16.4. The predicted molar refractivity (Wildman–Crippen MR) is 84.4 cm³/mol. The van der Waals surface area contributed by atoms with Crippen LogP contribution in [0.15, 0.2) is 11.4 Å². The molecule has 0 bridgehead atoms. The van der Waals surface area contributed by atoms with Crippen LogP contribution in [0.25, 0.3) is 10.4 Å². The van der Waals surface area contributed by atoms with Crippen molar-refractivity contribution in [3.05, 3.63) is 39.5 Å². The molecule has 22 heavy (non-hydrogen) atoms. The molecule has 2 heterocycles. The third-order valence-corrected chi connectivity index (χ3v) is 4.46. The SMILES string of the molecule is COC(=O)c1c(C)nc(C)c(C(=O)OC)c1-c1sccc1C. The number of carbonyl (C=O) groups excluding carboxylic acids is 2. The molecule has 0 saturated carbocycles. The van der Waals surface area contributed by atoms with Gasteiger partial charge in [0.05, 0.1) is 36.7 Å². The van der Waals surface area contributed by atoms with Crippen molar-refractivity contribution >= 4 is 23.3 Å². The van der Waals surface area contributed by atoms with Crippen molar-refractivity contribution < 1.29 is 19.1 Å². The molecule has 0 fully saturated rings. The molecule has 0 unspecified atom stereocenters. The molecular weight excluding hydrogens is 302 g/mol. The normalized spacial score (nSPS) is 10.4. The fourth-order valence-corrected chi connectivity index (χ4v) is 3.39. The molecule has 0 radical (unpaired) electrons. The highest BCUT2D eigenvalue weighted by Crippen LogP contribution is 2.37. The van der Waals surface area contributed by atoms with Gasteiger partial charge in [0.1, 0.15) is 0 Å². The van der Waals surface area contributed by atoms with E-state index in [1.807, 2.05) is 18.4 Å². The second kappa shape index (κ2) is 6.27. The average molecular weight is 319 g/mol. The first-order valence-electron chi connectivity index (χ1n) is 6.64. The van der Waals surface area contributed by atoms with E-state index in [0.717, 1.165) is 10.4 Å². The quantitative estimate of drug-likeness (QED) is 0.812. The molecule has 0 saturated heterocycles. The lowest BCUT2D eigenvalue weighted by molar-refractivity contribution is 0.0599. The number of methoxy groups -OCH3 is 2. The van der Waals surface area contributed by atoms with Crippen molar-refractivity contribution in [2.24, 2.45) is 0 Å². The van der Waals surface area contributed by atoms with Gasteiger partial charge in [0.15, 0.2) is 0 Å². The number of aryl methyl sites for hydroxylation is 3. The van der Waals surface area contributed by atoms with Gasteiger partial charge >= 0.3 is 11.9 Å². The Labute approximate surface area is 132 Å². The summed E-state index contributed by atoms with van der Waals surface area (Å²) in [5.74, 6) is -1.03. The fraction of sp³-hybridized carbons (Fsp3) is 0.312.